The van der Waals surface area contributed by atoms with Gasteiger partial charge in [-0.15, -0.1) is 0 Å². The van der Waals surface area contributed by atoms with Crippen LogP contribution in [0.15, 0.2) is 42.3 Å². The average molecular weight is 336 g/mol. The first-order valence-corrected chi connectivity index (χ1v) is 8.41. The molecule has 25 heavy (non-hydrogen) atoms. The topological polar surface area (TPSA) is 79.9 Å². The number of nitriles is 1. The van der Waals surface area contributed by atoms with Crippen LogP contribution in [-0.4, -0.2) is 22.1 Å². The Morgan fingerprint density at radius 2 is 2.20 bits per heavy atom. The largest absolute Gasteiger partial charge is 0.500 e. The summed E-state index contributed by atoms with van der Waals surface area (Å²) in [6.07, 6.45) is 6.68. The van der Waals surface area contributed by atoms with Crippen molar-refractivity contribution in [3.05, 3.63) is 48.1 Å². The lowest BCUT2D eigenvalue weighted by Crippen LogP contribution is -2.13. The molecule has 1 N–H and O–H groups in total. The SMILES string of the molecule is CCO/C=C(\C#N)C(=O)Nc1ccc(-c2cn3c(n2)CCCC3)cc1. The van der Waals surface area contributed by atoms with Crippen LogP contribution in [0, 0.1) is 11.3 Å². The van der Waals surface area contributed by atoms with Gasteiger partial charge in [-0.1, -0.05) is 12.1 Å². The fraction of sp³-hybridized carbons (Fsp3) is 0.316. The van der Waals surface area contributed by atoms with Gasteiger partial charge >= 0.3 is 0 Å². The smallest absolute Gasteiger partial charge is 0.269 e. The number of carbonyl (C=O) groups excluding carboxylic acids is 1. The Balaban J connectivity index is 1.71. The highest BCUT2D eigenvalue weighted by Crippen LogP contribution is 2.24. The van der Waals surface area contributed by atoms with E-state index >= 15 is 0 Å². The van der Waals surface area contributed by atoms with Crippen LogP contribution in [0.3, 0.4) is 0 Å². The minimum Gasteiger partial charge on any atom is -0.500 e. The van der Waals surface area contributed by atoms with Crippen molar-refractivity contribution in [1.29, 1.82) is 5.26 Å². The highest BCUT2D eigenvalue weighted by molar-refractivity contribution is 6.06. The third-order valence-electron chi connectivity index (χ3n) is 4.08. The second-order valence-corrected chi connectivity index (χ2v) is 5.82. The number of aryl methyl sites for hydroxylation is 2. The highest BCUT2D eigenvalue weighted by atomic mass is 16.5. The molecule has 0 radical (unpaired) electrons. The number of benzene rings is 1. The van der Waals surface area contributed by atoms with E-state index in [1.165, 1.54) is 19.1 Å². The zero-order chi connectivity index (χ0) is 17.6. The van der Waals surface area contributed by atoms with Crippen LogP contribution in [0.2, 0.25) is 0 Å². The molecule has 128 valence electrons. The number of anilines is 1. The molecule has 1 aliphatic heterocycles. The molecule has 0 aliphatic carbocycles. The lowest BCUT2D eigenvalue weighted by molar-refractivity contribution is -0.112. The molecule has 0 fully saturated rings. The van der Waals surface area contributed by atoms with E-state index in [9.17, 15) is 4.79 Å². The Morgan fingerprint density at radius 3 is 2.88 bits per heavy atom. The first-order chi connectivity index (χ1) is 12.2. The molecule has 0 unspecified atom stereocenters. The number of imidazole rings is 1. The van der Waals surface area contributed by atoms with Gasteiger partial charge in [0.2, 0.25) is 0 Å². The second kappa shape index (κ2) is 7.67. The zero-order valence-corrected chi connectivity index (χ0v) is 14.2. The molecule has 2 heterocycles. The van der Waals surface area contributed by atoms with Gasteiger partial charge in [0.25, 0.3) is 5.91 Å². The van der Waals surface area contributed by atoms with Crippen molar-refractivity contribution in [2.75, 3.05) is 11.9 Å². The maximum Gasteiger partial charge on any atom is 0.269 e. The molecule has 0 atom stereocenters. The summed E-state index contributed by atoms with van der Waals surface area (Å²) in [5.41, 5.74) is 2.51. The van der Waals surface area contributed by atoms with Crippen molar-refractivity contribution in [2.24, 2.45) is 0 Å². The molecular formula is C19H20N4O2. The minimum atomic E-state index is -0.485. The number of aromatic nitrogens is 2. The monoisotopic (exact) mass is 336 g/mol. The van der Waals surface area contributed by atoms with Crippen LogP contribution in [0.4, 0.5) is 5.69 Å². The van der Waals surface area contributed by atoms with Crippen molar-refractivity contribution in [1.82, 2.24) is 9.55 Å². The highest BCUT2D eigenvalue weighted by Gasteiger charge is 2.14. The Bertz CT molecular complexity index is 805. The van der Waals surface area contributed by atoms with Gasteiger partial charge in [0.05, 0.1) is 12.3 Å². The van der Waals surface area contributed by atoms with Crippen molar-refractivity contribution >= 4 is 11.6 Å². The summed E-state index contributed by atoms with van der Waals surface area (Å²) in [6, 6.07) is 9.28. The first kappa shape index (κ1) is 16.8. The molecule has 2 aromatic rings. The zero-order valence-electron chi connectivity index (χ0n) is 14.2. The molecule has 1 amide bonds. The fourth-order valence-electron chi connectivity index (χ4n) is 2.77. The van der Waals surface area contributed by atoms with E-state index in [2.05, 4.69) is 16.1 Å². The lowest BCUT2D eigenvalue weighted by Gasteiger charge is -2.11. The molecule has 1 aliphatic rings. The molecule has 0 saturated carbocycles. The van der Waals surface area contributed by atoms with Gasteiger partial charge in [0, 0.05) is 30.4 Å². The minimum absolute atomic E-state index is 0.0623. The van der Waals surface area contributed by atoms with Gasteiger partial charge in [-0.25, -0.2) is 4.98 Å². The summed E-state index contributed by atoms with van der Waals surface area (Å²) in [5, 5.41) is 11.7. The van der Waals surface area contributed by atoms with Gasteiger partial charge in [-0.2, -0.15) is 5.26 Å². The number of hydrogen-bond donors (Lipinski definition) is 1. The number of nitrogens with one attached hydrogen (secondary N) is 1. The van der Waals surface area contributed by atoms with Crippen molar-refractivity contribution in [2.45, 2.75) is 32.7 Å². The number of nitrogens with zero attached hydrogens (tertiary/aromatic N) is 3. The molecular weight excluding hydrogens is 316 g/mol. The van der Waals surface area contributed by atoms with Crippen LogP contribution in [0.25, 0.3) is 11.3 Å². The van der Waals surface area contributed by atoms with E-state index in [0.717, 1.165) is 30.0 Å². The standard InChI is InChI=1S/C19H20N4O2/c1-2-25-13-15(11-20)19(24)21-16-8-6-14(7-9-16)17-12-23-10-4-3-5-18(23)22-17/h6-9,12-13H,2-5,10H2,1H3,(H,21,24)/b15-13+. The van der Waals surface area contributed by atoms with E-state index in [-0.39, 0.29) is 5.57 Å². The summed E-state index contributed by atoms with van der Waals surface area (Å²) in [6.45, 7) is 3.22. The van der Waals surface area contributed by atoms with E-state index in [4.69, 9.17) is 15.0 Å². The lowest BCUT2D eigenvalue weighted by atomic mass is 10.1. The average Bonchev–Trinajstić information content (AvgIpc) is 3.07. The predicted octanol–water partition coefficient (Wildman–Crippen LogP) is 3.27. The first-order valence-electron chi connectivity index (χ1n) is 8.41. The number of hydrogen-bond acceptors (Lipinski definition) is 4. The number of rotatable bonds is 5. The summed E-state index contributed by atoms with van der Waals surface area (Å²) in [4.78, 5) is 16.7. The summed E-state index contributed by atoms with van der Waals surface area (Å²) >= 11 is 0. The quantitative estimate of drug-likeness (QED) is 0.516. The number of amides is 1. The van der Waals surface area contributed by atoms with Gasteiger partial charge in [-0.05, 0) is 31.9 Å². The molecule has 0 saturated heterocycles. The van der Waals surface area contributed by atoms with Gasteiger partial charge in [0.1, 0.15) is 18.2 Å². The van der Waals surface area contributed by atoms with Crippen LogP contribution in [0.5, 0.6) is 0 Å². The van der Waals surface area contributed by atoms with Gasteiger partial charge in [-0.3, -0.25) is 4.79 Å². The van der Waals surface area contributed by atoms with E-state index in [0.29, 0.717) is 12.3 Å². The maximum atomic E-state index is 12.0. The molecule has 0 bridgehead atoms. The molecule has 6 nitrogen and oxygen atoms in total. The Labute approximate surface area is 146 Å². The van der Waals surface area contributed by atoms with Crippen molar-refractivity contribution in [3.63, 3.8) is 0 Å². The third kappa shape index (κ3) is 3.89. The van der Waals surface area contributed by atoms with Crippen LogP contribution < -0.4 is 5.32 Å². The number of fused-ring (bicyclic) bond motifs is 1. The van der Waals surface area contributed by atoms with E-state index < -0.39 is 5.91 Å². The van der Waals surface area contributed by atoms with Crippen LogP contribution in [-0.2, 0) is 22.5 Å². The third-order valence-corrected chi connectivity index (χ3v) is 4.08. The summed E-state index contributed by atoms with van der Waals surface area (Å²) in [5.74, 6) is 0.652. The Kier molecular flexibility index (Phi) is 5.14. The normalized spacial score (nSPS) is 13.7. The Hall–Kier alpha value is -3.07. The molecule has 0 spiro atoms. The molecule has 3 rings (SSSR count). The van der Waals surface area contributed by atoms with Crippen LogP contribution >= 0.6 is 0 Å². The van der Waals surface area contributed by atoms with Crippen LogP contribution in [0.1, 0.15) is 25.6 Å². The molecule has 1 aromatic heterocycles. The van der Waals surface area contributed by atoms with E-state index in [1.807, 2.05) is 18.2 Å². The number of ether oxygens (including phenoxy) is 1. The molecule has 1 aromatic carbocycles. The Morgan fingerprint density at radius 1 is 1.40 bits per heavy atom. The van der Waals surface area contributed by atoms with Gasteiger partial charge in [0.15, 0.2) is 5.57 Å². The summed E-state index contributed by atoms with van der Waals surface area (Å²) < 4.78 is 7.22. The van der Waals surface area contributed by atoms with Gasteiger partial charge < -0.3 is 14.6 Å². The molecule has 6 heteroatoms. The second-order valence-electron chi connectivity index (χ2n) is 5.82. The van der Waals surface area contributed by atoms with E-state index in [1.54, 1.807) is 19.1 Å². The van der Waals surface area contributed by atoms with Crippen molar-refractivity contribution < 1.29 is 9.53 Å². The van der Waals surface area contributed by atoms with Crippen molar-refractivity contribution in [3.8, 4) is 17.3 Å². The fourth-order valence-corrected chi connectivity index (χ4v) is 2.77. The summed E-state index contributed by atoms with van der Waals surface area (Å²) in [7, 11) is 0. The maximum absolute atomic E-state index is 12.0. The predicted molar refractivity (Wildman–Crippen MR) is 94.6 cm³/mol. The number of carbonyl (C=O) groups is 1.